The maximum absolute atomic E-state index is 10.4. The van der Waals surface area contributed by atoms with E-state index in [0.29, 0.717) is 0 Å². The highest BCUT2D eigenvalue weighted by molar-refractivity contribution is 5.93. The lowest BCUT2D eigenvalue weighted by Gasteiger charge is -1.85. The monoisotopic (exact) mass is 170 g/mol. The Morgan fingerprint density at radius 1 is 1.33 bits per heavy atom. The summed E-state index contributed by atoms with van der Waals surface area (Å²) < 4.78 is 4.66. The van der Waals surface area contributed by atoms with Crippen molar-refractivity contribution >= 4 is 11.9 Å². The first-order valence-electron chi connectivity index (χ1n) is 3.09. The zero-order valence-electron chi connectivity index (χ0n) is 6.20. The van der Waals surface area contributed by atoms with Crippen molar-refractivity contribution in [2.45, 2.75) is 6.92 Å². The van der Waals surface area contributed by atoms with Crippen LogP contribution in [0.15, 0.2) is 10.5 Å². The number of rotatable bonds is 2. The van der Waals surface area contributed by atoms with E-state index in [1.54, 1.807) is 0 Å². The lowest BCUT2D eigenvalue weighted by Crippen LogP contribution is -1.96. The molecule has 0 radical (unpaired) electrons. The number of carboxylic acids is 2. The van der Waals surface area contributed by atoms with E-state index in [1.807, 2.05) is 0 Å². The molecule has 5 heteroatoms. The third-order valence-electron chi connectivity index (χ3n) is 1.36. The van der Waals surface area contributed by atoms with Crippen molar-refractivity contribution in [1.29, 1.82) is 0 Å². The van der Waals surface area contributed by atoms with Crippen LogP contribution in [0.4, 0.5) is 0 Å². The molecule has 0 aromatic carbocycles. The predicted octanol–water partition coefficient (Wildman–Crippen LogP) is 0.984. The maximum Gasteiger partial charge on any atom is 0.371 e. The Kier molecular flexibility index (Phi) is 1.86. The summed E-state index contributed by atoms with van der Waals surface area (Å²) in [5.41, 5.74) is -0.118. The summed E-state index contributed by atoms with van der Waals surface area (Å²) in [6, 6.07) is 0.986. The third-order valence-corrected chi connectivity index (χ3v) is 1.36. The molecule has 0 saturated carbocycles. The number of aryl methyl sites for hydroxylation is 1. The van der Waals surface area contributed by atoms with E-state index in [2.05, 4.69) is 4.42 Å². The van der Waals surface area contributed by atoms with Gasteiger partial charge in [0.1, 0.15) is 11.3 Å². The van der Waals surface area contributed by atoms with Crippen molar-refractivity contribution in [1.82, 2.24) is 0 Å². The van der Waals surface area contributed by atoms with Gasteiger partial charge in [-0.1, -0.05) is 0 Å². The van der Waals surface area contributed by atoms with Crippen LogP contribution >= 0.6 is 0 Å². The largest absolute Gasteiger partial charge is 0.478 e. The summed E-state index contributed by atoms with van der Waals surface area (Å²) in [7, 11) is 0. The van der Waals surface area contributed by atoms with E-state index in [4.69, 9.17) is 10.2 Å². The zero-order valence-corrected chi connectivity index (χ0v) is 6.20. The smallest absolute Gasteiger partial charge is 0.371 e. The van der Waals surface area contributed by atoms with Crippen LogP contribution in [0, 0.1) is 6.92 Å². The number of furan rings is 1. The summed E-state index contributed by atoms with van der Waals surface area (Å²) in [6.07, 6.45) is 0. The van der Waals surface area contributed by atoms with E-state index in [-0.39, 0.29) is 17.1 Å². The van der Waals surface area contributed by atoms with Crippen molar-refractivity contribution in [3.63, 3.8) is 0 Å². The van der Waals surface area contributed by atoms with Gasteiger partial charge in [-0.15, -0.1) is 0 Å². The molecule has 1 aromatic rings. The van der Waals surface area contributed by atoms with Gasteiger partial charge in [-0.2, -0.15) is 0 Å². The minimum Gasteiger partial charge on any atom is -0.478 e. The SMILES string of the molecule is Cc1oc(C(=O)O)cc1C(=O)O. The maximum atomic E-state index is 10.4. The average Bonchev–Trinajstić information content (AvgIpc) is 2.30. The first kappa shape index (κ1) is 8.32. The highest BCUT2D eigenvalue weighted by Gasteiger charge is 2.17. The van der Waals surface area contributed by atoms with Crippen molar-refractivity contribution in [2.24, 2.45) is 0 Å². The molecular formula is C7H6O5. The molecule has 0 aliphatic carbocycles. The molecule has 0 saturated heterocycles. The number of aromatic carboxylic acids is 2. The lowest BCUT2D eigenvalue weighted by atomic mass is 10.2. The predicted molar refractivity (Wildman–Crippen MR) is 37.4 cm³/mol. The van der Waals surface area contributed by atoms with Gasteiger partial charge >= 0.3 is 11.9 Å². The minimum atomic E-state index is -1.27. The van der Waals surface area contributed by atoms with Crippen LogP contribution in [0.2, 0.25) is 0 Å². The molecule has 0 aliphatic heterocycles. The van der Waals surface area contributed by atoms with E-state index >= 15 is 0 Å². The van der Waals surface area contributed by atoms with E-state index in [0.717, 1.165) is 6.07 Å². The normalized spacial score (nSPS) is 9.75. The van der Waals surface area contributed by atoms with Crippen LogP contribution in [0.5, 0.6) is 0 Å². The van der Waals surface area contributed by atoms with Crippen LogP contribution in [-0.2, 0) is 0 Å². The Morgan fingerprint density at radius 2 is 1.92 bits per heavy atom. The second kappa shape index (κ2) is 2.69. The van der Waals surface area contributed by atoms with Crippen LogP contribution in [0.3, 0.4) is 0 Å². The number of hydrogen-bond acceptors (Lipinski definition) is 3. The van der Waals surface area contributed by atoms with Crippen LogP contribution in [-0.4, -0.2) is 22.2 Å². The molecule has 12 heavy (non-hydrogen) atoms. The summed E-state index contributed by atoms with van der Waals surface area (Å²) in [6.45, 7) is 1.40. The third kappa shape index (κ3) is 1.29. The lowest BCUT2D eigenvalue weighted by molar-refractivity contribution is 0.0657. The molecule has 0 spiro atoms. The first-order chi connectivity index (χ1) is 5.52. The van der Waals surface area contributed by atoms with Crippen LogP contribution in [0.1, 0.15) is 26.7 Å². The molecule has 1 aromatic heterocycles. The van der Waals surface area contributed by atoms with E-state index in [9.17, 15) is 9.59 Å². The molecular weight excluding hydrogens is 164 g/mol. The van der Waals surface area contributed by atoms with Gasteiger partial charge in [0.25, 0.3) is 0 Å². The Morgan fingerprint density at radius 3 is 2.17 bits per heavy atom. The molecule has 2 N–H and O–H groups in total. The fraction of sp³-hybridized carbons (Fsp3) is 0.143. The van der Waals surface area contributed by atoms with Crippen molar-refractivity contribution in [2.75, 3.05) is 0 Å². The number of carboxylic acid groups (broad SMARTS) is 2. The molecule has 5 nitrogen and oxygen atoms in total. The van der Waals surface area contributed by atoms with Crippen molar-refractivity contribution in [3.8, 4) is 0 Å². The summed E-state index contributed by atoms with van der Waals surface area (Å²) in [4.78, 5) is 20.7. The molecule has 1 heterocycles. The highest BCUT2D eigenvalue weighted by Crippen LogP contribution is 2.14. The molecule has 64 valence electrons. The Bertz CT molecular complexity index is 336. The second-order valence-electron chi connectivity index (χ2n) is 2.19. The minimum absolute atomic E-state index is 0.0971. The Hall–Kier alpha value is -1.78. The van der Waals surface area contributed by atoms with Gasteiger partial charge in [0, 0.05) is 6.07 Å². The molecule has 0 unspecified atom stereocenters. The Balaban J connectivity index is 3.17. The molecule has 0 atom stereocenters. The molecule has 1 rings (SSSR count). The molecule has 0 aliphatic rings. The first-order valence-corrected chi connectivity index (χ1v) is 3.09. The van der Waals surface area contributed by atoms with Gasteiger partial charge in [0.2, 0.25) is 5.76 Å². The van der Waals surface area contributed by atoms with Gasteiger partial charge < -0.3 is 14.6 Å². The number of carbonyl (C=O) groups is 2. The van der Waals surface area contributed by atoms with Crippen LogP contribution in [0.25, 0.3) is 0 Å². The van der Waals surface area contributed by atoms with Crippen molar-refractivity contribution in [3.05, 3.63) is 23.2 Å². The van der Waals surface area contributed by atoms with E-state index < -0.39 is 11.9 Å². The quantitative estimate of drug-likeness (QED) is 0.690. The fourth-order valence-electron chi connectivity index (χ4n) is 0.800. The summed E-state index contributed by atoms with van der Waals surface area (Å²) >= 11 is 0. The van der Waals surface area contributed by atoms with Gasteiger partial charge in [-0.3, -0.25) is 0 Å². The van der Waals surface area contributed by atoms with E-state index in [1.165, 1.54) is 6.92 Å². The van der Waals surface area contributed by atoms with Gasteiger partial charge in [0.05, 0.1) is 0 Å². The molecule has 0 bridgehead atoms. The van der Waals surface area contributed by atoms with Gasteiger partial charge in [-0.25, -0.2) is 9.59 Å². The van der Waals surface area contributed by atoms with Crippen molar-refractivity contribution < 1.29 is 24.2 Å². The second-order valence-corrected chi connectivity index (χ2v) is 2.19. The molecule has 0 fully saturated rings. The topological polar surface area (TPSA) is 87.7 Å². The van der Waals surface area contributed by atoms with Gasteiger partial charge in [-0.05, 0) is 6.92 Å². The summed E-state index contributed by atoms with van der Waals surface area (Å²) in [5.74, 6) is -2.72. The van der Waals surface area contributed by atoms with Crippen LogP contribution < -0.4 is 0 Å². The number of hydrogen-bond donors (Lipinski definition) is 2. The standard InChI is InChI=1S/C7H6O5/c1-3-4(6(8)9)2-5(12-3)7(10)11/h2H,1H3,(H,8,9)(H,10,11). The zero-order chi connectivity index (χ0) is 9.30. The molecule has 0 amide bonds. The Labute approximate surface area is 67.2 Å². The average molecular weight is 170 g/mol. The highest BCUT2D eigenvalue weighted by atomic mass is 16.4. The fourth-order valence-corrected chi connectivity index (χ4v) is 0.800. The summed E-state index contributed by atoms with van der Waals surface area (Å²) in [5, 5.41) is 16.9. The van der Waals surface area contributed by atoms with Gasteiger partial charge in [0.15, 0.2) is 0 Å².